The number of ether oxygens (including phenoxy) is 2. The third-order valence-corrected chi connectivity index (χ3v) is 4.99. The Labute approximate surface area is 181 Å². The highest BCUT2D eigenvalue weighted by Gasteiger charge is 2.15. The Kier molecular flexibility index (Phi) is 11.7. The molecule has 27 heavy (non-hydrogen) atoms. The minimum atomic E-state index is 0. The Hall–Kier alpha value is -1.02. The normalized spacial score (nSPS) is 15.2. The van der Waals surface area contributed by atoms with Crippen molar-refractivity contribution in [3.05, 3.63) is 29.3 Å². The molecule has 1 N–H and O–H groups in total. The summed E-state index contributed by atoms with van der Waals surface area (Å²) < 4.78 is 10.9. The first-order valence-electron chi connectivity index (χ1n) is 9.84. The fourth-order valence-electron chi connectivity index (χ4n) is 3.37. The van der Waals surface area contributed by atoms with Gasteiger partial charge in [0, 0.05) is 39.9 Å². The van der Waals surface area contributed by atoms with E-state index in [9.17, 15) is 0 Å². The number of benzene rings is 1. The Balaban J connectivity index is 0.00000364. The number of nitrogens with one attached hydrogen (secondary N) is 1. The molecular weight excluding hydrogens is 453 g/mol. The van der Waals surface area contributed by atoms with E-state index in [0.717, 1.165) is 56.9 Å². The predicted molar refractivity (Wildman–Crippen MR) is 124 cm³/mol. The lowest BCUT2D eigenvalue weighted by molar-refractivity contribution is 0.0625. The first kappa shape index (κ1) is 24.0. The van der Waals surface area contributed by atoms with Gasteiger partial charge < -0.3 is 19.7 Å². The molecule has 0 amide bonds. The van der Waals surface area contributed by atoms with Crippen LogP contribution in [0.1, 0.15) is 37.3 Å². The molecule has 1 aromatic rings. The Morgan fingerprint density at radius 2 is 2.07 bits per heavy atom. The van der Waals surface area contributed by atoms with E-state index >= 15 is 0 Å². The molecule has 154 valence electrons. The number of hydrogen-bond donors (Lipinski definition) is 1. The summed E-state index contributed by atoms with van der Waals surface area (Å²) in [5.41, 5.74) is 2.47. The SMILES string of the molecule is CCNC(=NCCc1cc(C)ccc1OC)N(C)CCC1CCOCC1.I. The van der Waals surface area contributed by atoms with E-state index in [1.807, 2.05) is 6.07 Å². The summed E-state index contributed by atoms with van der Waals surface area (Å²) in [5, 5.41) is 3.42. The van der Waals surface area contributed by atoms with Crippen molar-refractivity contribution in [1.82, 2.24) is 10.2 Å². The molecule has 0 bridgehead atoms. The maximum atomic E-state index is 5.47. The number of rotatable bonds is 8. The zero-order valence-electron chi connectivity index (χ0n) is 17.3. The molecule has 0 unspecified atom stereocenters. The molecule has 0 aliphatic carbocycles. The standard InChI is InChI=1S/C21H35N3O2.HI/c1-5-22-21(24(3)13-9-18-10-14-26-15-11-18)23-12-8-19-16-17(2)6-7-20(19)25-4;/h6-7,16,18H,5,8-15H2,1-4H3,(H,22,23);1H. The van der Waals surface area contributed by atoms with Crippen LogP contribution in [-0.2, 0) is 11.2 Å². The third kappa shape index (κ3) is 8.25. The molecule has 1 aliphatic rings. The van der Waals surface area contributed by atoms with Crippen LogP contribution in [0.5, 0.6) is 5.75 Å². The second-order valence-electron chi connectivity index (χ2n) is 7.07. The van der Waals surface area contributed by atoms with Crippen LogP contribution in [0.3, 0.4) is 0 Å². The number of hydrogen-bond acceptors (Lipinski definition) is 3. The lowest BCUT2D eigenvalue weighted by Crippen LogP contribution is -2.40. The van der Waals surface area contributed by atoms with E-state index in [1.165, 1.54) is 30.4 Å². The van der Waals surface area contributed by atoms with Crippen molar-refractivity contribution >= 4 is 29.9 Å². The molecule has 0 radical (unpaired) electrons. The van der Waals surface area contributed by atoms with Crippen LogP contribution in [-0.4, -0.2) is 57.9 Å². The van der Waals surface area contributed by atoms with Crippen LogP contribution in [0, 0.1) is 12.8 Å². The number of guanidine groups is 1. The zero-order chi connectivity index (χ0) is 18.8. The van der Waals surface area contributed by atoms with Gasteiger partial charge >= 0.3 is 0 Å². The predicted octanol–water partition coefficient (Wildman–Crippen LogP) is 3.88. The summed E-state index contributed by atoms with van der Waals surface area (Å²) in [4.78, 5) is 7.09. The summed E-state index contributed by atoms with van der Waals surface area (Å²) in [6.45, 7) is 8.73. The summed E-state index contributed by atoms with van der Waals surface area (Å²) in [6.07, 6.45) is 4.47. The lowest BCUT2D eigenvalue weighted by Gasteiger charge is -2.26. The van der Waals surface area contributed by atoms with Gasteiger partial charge in [-0.3, -0.25) is 4.99 Å². The van der Waals surface area contributed by atoms with Crippen LogP contribution >= 0.6 is 24.0 Å². The summed E-state index contributed by atoms with van der Waals surface area (Å²) >= 11 is 0. The van der Waals surface area contributed by atoms with E-state index in [2.05, 4.69) is 43.2 Å². The van der Waals surface area contributed by atoms with E-state index in [1.54, 1.807) is 7.11 Å². The summed E-state index contributed by atoms with van der Waals surface area (Å²) in [5.74, 6) is 2.72. The minimum Gasteiger partial charge on any atom is -0.496 e. The first-order valence-corrected chi connectivity index (χ1v) is 9.84. The van der Waals surface area contributed by atoms with Gasteiger partial charge in [-0.25, -0.2) is 0 Å². The highest BCUT2D eigenvalue weighted by Crippen LogP contribution is 2.20. The molecule has 5 nitrogen and oxygen atoms in total. The zero-order valence-corrected chi connectivity index (χ0v) is 19.6. The van der Waals surface area contributed by atoms with E-state index in [-0.39, 0.29) is 24.0 Å². The maximum Gasteiger partial charge on any atom is 0.193 e. The summed E-state index contributed by atoms with van der Waals surface area (Å²) in [6, 6.07) is 6.31. The van der Waals surface area contributed by atoms with Gasteiger partial charge in [0.2, 0.25) is 0 Å². The maximum absolute atomic E-state index is 5.47. The van der Waals surface area contributed by atoms with Crippen molar-refractivity contribution in [2.75, 3.05) is 47.0 Å². The molecule has 2 rings (SSSR count). The highest BCUT2D eigenvalue weighted by molar-refractivity contribution is 14.0. The molecule has 0 saturated carbocycles. The molecule has 1 heterocycles. The number of methoxy groups -OCH3 is 1. The second-order valence-corrected chi connectivity index (χ2v) is 7.07. The second kappa shape index (κ2) is 13.2. The molecule has 1 aliphatic heterocycles. The monoisotopic (exact) mass is 489 g/mol. The number of nitrogens with zero attached hydrogens (tertiary/aromatic N) is 2. The molecule has 0 atom stereocenters. The van der Waals surface area contributed by atoms with Crippen molar-refractivity contribution in [2.24, 2.45) is 10.9 Å². The lowest BCUT2D eigenvalue weighted by atomic mass is 9.96. The molecule has 1 fully saturated rings. The van der Waals surface area contributed by atoms with Gasteiger partial charge in [-0.05, 0) is 57.1 Å². The van der Waals surface area contributed by atoms with E-state index in [4.69, 9.17) is 14.5 Å². The van der Waals surface area contributed by atoms with Crippen molar-refractivity contribution in [2.45, 2.75) is 39.5 Å². The molecule has 1 saturated heterocycles. The molecule has 0 spiro atoms. The molecule has 1 aromatic carbocycles. The van der Waals surface area contributed by atoms with Gasteiger partial charge in [-0.15, -0.1) is 24.0 Å². The van der Waals surface area contributed by atoms with Crippen LogP contribution < -0.4 is 10.1 Å². The van der Waals surface area contributed by atoms with Crippen molar-refractivity contribution in [3.8, 4) is 5.75 Å². The third-order valence-electron chi connectivity index (χ3n) is 4.99. The van der Waals surface area contributed by atoms with Gasteiger partial charge in [0.1, 0.15) is 5.75 Å². The van der Waals surface area contributed by atoms with Crippen molar-refractivity contribution < 1.29 is 9.47 Å². The van der Waals surface area contributed by atoms with Gasteiger partial charge in [0.05, 0.1) is 7.11 Å². The number of aryl methyl sites for hydroxylation is 1. The highest BCUT2D eigenvalue weighted by atomic mass is 127. The van der Waals surface area contributed by atoms with Crippen molar-refractivity contribution in [3.63, 3.8) is 0 Å². The van der Waals surface area contributed by atoms with E-state index < -0.39 is 0 Å². The Bertz CT molecular complexity index is 575. The smallest absolute Gasteiger partial charge is 0.193 e. The van der Waals surface area contributed by atoms with Gasteiger partial charge in [0.25, 0.3) is 0 Å². The Morgan fingerprint density at radius 3 is 2.74 bits per heavy atom. The van der Waals surface area contributed by atoms with E-state index in [0.29, 0.717) is 0 Å². The van der Waals surface area contributed by atoms with Gasteiger partial charge in [-0.2, -0.15) is 0 Å². The number of aliphatic imine (C=N–C) groups is 1. The van der Waals surface area contributed by atoms with Gasteiger partial charge in [0.15, 0.2) is 5.96 Å². The average molecular weight is 489 g/mol. The fraction of sp³-hybridized carbons (Fsp3) is 0.667. The largest absolute Gasteiger partial charge is 0.496 e. The molecule has 0 aromatic heterocycles. The van der Waals surface area contributed by atoms with Crippen LogP contribution in [0.2, 0.25) is 0 Å². The topological polar surface area (TPSA) is 46.1 Å². The Morgan fingerprint density at radius 1 is 1.33 bits per heavy atom. The van der Waals surface area contributed by atoms with Crippen molar-refractivity contribution in [1.29, 1.82) is 0 Å². The van der Waals surface area contributed by atoms with Crippen LogP contribution in [0.25, 0.3) is 0 Å². The number of halogens is 1. The quantitative estimate of drug-likeness (QED) is 0.342. The summed E-state index contributed by atoms with van der Waals surface area (Å²) in [7, 11) is 3.86. The fourth-order valence-corrected chi connectivity index (χ4v) is 3.37. The average Bonchev–Trinajstić information content (AvgIpc) is 2.66. The van der Waals surface area contributed by atoms with Crippen LogP contribution in [0.4, 0.5) is 0 Å². The van der Waals surface area contributed by atoms with Gasteiger partial charge in [-0.1, -0.05) is 17.7 Å². The molecular formula is C21H36IN3O2. The minimum absolute atomic E-state index is 0. The first-order chi connectivity index (χ1) is 12.6. The molecule has 6 heteroatoms. The van der Waals surface area contributed by atoms with Crippen LogP contribution in [0.15, 0.2) is 23.2 Å².